The Balaban J connectivity index is 2.42. The zero-order chi connectivity index (χ0) is 15.6. The van der Waals surface area contributed by atoms with Gasteiger partial charge in [0.2, 0.25) is 0 Å². The van der Waals surface area contributed by atoms with E-state index in [9.17, 15) is 14.7 Å². The van der Waals surface area contributed by atoms with Crippen molar-refractivity contribution in [3.8, 4) is 0 Å². The van der Waals surface area contributed by atoms with Crippen LogP contribution in [-0.4, -0.2) is 24.0 Å². The number of para-hydroxylation sites is 1. The third-order valence-corrected chi connectivity index (χ3v) is 3.83. The summed E-state index contributed by atoms with van der Waals surface area (Å²) < 4.78 is 1.53. The minimum absolute atomic E-state index is 0.0856. The molecule has 6 heteroatoms. The lowest BCUT2D eigenvalue weighted by molar-refractivity contribution is 0.0697. The maximum atomic E-state index is 12.5. The number of hydrogen-bond donors (Lipinski definition) is 1. The quantitative estimate of drug-likeness (QED) is 0.822. The largest absolute Gasteiger partial charge is 0.478 e. The molecule has 0 aliphatic carbocycles. The summed E-state index contributed by atoms with van der Waals surface area (Å²) in [6.45, 7) is 0. The minimum Gasteiger partial charge on any atom is -0.478 e. The maximum Gasteiger partial charge on any atom is 0.337 e. The molecule has 0 atom stereocenters. The number of carbonyl (C=O) groups is 2. The highest BCUT2D eigenvalue weighted by atomic mass is 79.9. The lowest BCUT2D eigenvalue weighted by Gasteiger charge is -2.19. The van der Waals surface area contributed by atoms with Crippen molar-refractivity contribution in [1.29, 1.82) is 0 Å². The average molecular weight is 413 g/mol. The molecule has 2 rings (SSSR count). The van der Waals surface area contributed by atoms with Gasteiger partial charge >= 0.3 is 5.97 Å². The van der Waals surface area contributed by atoms with E-state index in [-0.39, 0.29) is 11.5 Å². The van der Waals surface area contributed by atoms with Crippen molar-refractivity contribution in [1.82, 2.24) is 0 Å². The van der Waals surface area contributed by atoms with Crippen LogP contribution < -0.4 is 4.90 Å². The van der Waals surface area contributed by atoms with E-state index in [2.05, 4.69) is 31.9 Å². The fourth-order valence-electron chi connectivity index (χ4n) is 1.93. The van der Waals surface area contributed by atoms with E-state index in [1.165, 1.54) is 11.0 Å². The van der Waals surface area contributed by atoms with Gasteiger partial charge in [-0.2, -0.15) is 0 Å². The van der Waals surface area contributed by atoms with Crippen molar-refractivity contribution in [2.75, 3.05) is 11.9 Å². The molecule has 0 radical (unpaired) electrons. The van der Waals surface area contributed by atoms with Crippen molar-refractivity contribution < 1.29 is 14.7 Å². The first-order valence-electron chi connectivity index (χ1n) is 5.96. The van der Waals surface area contributed by atoms with Gasteiger partial charge in [-0.1, -0.05) is 44.0 Å². The SMILES string of the molecule is CN(C(=O)c1cc(Br)cc(Br)c1)c1ccccc1C(=O)O. The first-order chi connectivity index (χ1) is 9.90. The zero-order valence-electron chi connectivity index (χ0n) is 11.0. The number of carbonyl (C=O) groups excluding carboxylic acids is 1. The lowest BCUT2D eigenvalue weighted by Crippen LogP contribution is -2.27. The molecule has 0 aliphatic heterocycles. The van der Waals surface area contributed by atoms with Gasteiger partial charge in [-0.3, -0.25) is 4.79 Å². The summed E-state index contributed by atoms with van der Waals surface area (Å²) >= 11 is 6.66. The molecule has 1 amide bonds. The van der Waals surface area contributed by atoms with E-state index in [0.717, 1.165) is 8.95 Å². The van der Waals surface area contributed by atoms with Gasteiger partial charge in [0.1, 0.15) is 0 Å². The molecule has 2 aromatic rings. The number of rotatable bonds is 3. The van der Waals surface area contributed by atoms with Gasteiger partial charge in [0.05, 0.1) is 11.3 Å². The fourth-order valence-corrected chi connectivity index (χ4v) is 3.22. The Hall–Kier alpha value is -1.66. The van der Waals surface area contributed by atoms with Gasteiger partial charge in [-0.25, -0.2) is 4.79 Å². The molecular weight excluding hydrogens is 402 g/mol. The predicted molar refractivity (Wildman–Crippen MR) is 88.0 cm³/mol. The molecule has 4 nitrogen and oxygen atoms in total. The molecule has 0 aromatic heterocycles. The molecule has 1 N–H and O–H groups in total. The summed E-state index contributed by atoms with van der Waals surface area (Å²) in [5.41, 5.74) is 0.896. The normalized spacial score (nSPS) is 10.2. The van der Waals surface area contributed by atoms with Gasteiger partial charge in [0, 0.05) is 21.6 Å². The van der Waals surface area contributed by atoms with Crippen LogP contribution in [0.4, 0.5) is 5.69 Å². The molecule has 0 spiro atoms. The molecule has 0 bridgehead atoms. The van der Waals surface area contributed by atoms with E-state index in [4.69, 9.17) is 0 Å². The molecule has 0 fully saturated rings. The second-order valence-corrected chi connectivity index (χ2v) is 6.18. The van der Waals surface area contributed by atoms with Gasteiger partial charge < -0.3 is 10.0 Å². The van der Waals surface area contributed by atoms with Crippen LogP contribution >= 0.6 is 31.9 Å². The summed E-state index contributed by atoms with van der Waals surface area (Å²) in [5, 5.41) is 9.20. The van der Waals surface area contributed by atoms with E-state index in [1.54, 1.807) is 37.4 Å². The third-order valence-electron chi connectivity index (χ3n) is 2.91. The monoisotopic (exact) mass is 411 g/mol. The van der Waals surface area contributed by atoms with Crippen molar-refractivity contribution in [2.24, 2.45) is 0 Å². The zero-order valence-corrected chi connectivity index (χ0v) is 14.2. The van der Waals surface area contributed by atoms with Crippen LogP contribution in [-0.2, 0) is 0 Å². The van der Waals surface area contributed by atoms with Crippen LogP contribution in [0, 0.1) is 0 Å². The Kier molecular flexibility index (Phi) is 4.80. The standard InChI is InChI=1S/C15H11Br2NO3/c1-18(13-5-3-2-4-12(13)15(20)21)14(19)9-6-10(16)8-11(17)7-9/h2-8H,1H3,(H,20,21). The third kappa shape index (κ3) is 3.51. The molecule has 0 aliphatic rings. The van der Waals surface area contributed by atoms with Crippen molar-refractivity contribution in [2.45, 2.75) is 0 Å². The van der Waals surface area contributed by atoms with Crippen molar-refractivity contribution in [3.63, 3.8) is 0 Å². The van der Waals surface area contributed by atoms with Gasteiger partial charge in [-0.05, 0) is 30.3 Å². The molecular formula is C15H11Br2NO3. The summed E-state index contributed by atoms with van der Waals surface area (Å²) in [5.74, 6) is -1.36. The molecule has 0 heterocycles. The highest BCUT2D eigenvalue weighted by Crippen LogP contribution is 2.24. The minimum atomic E-state index is -1.07. The number of anilines is 1. The summed E-state index contributed by atoms with van der Waals surface area (Å²) in [7, 11) is 1.55. The number of nitrogens with zero attached hydrogens (tertiary/aromatic N) is 1. The molecule has 21 heavy (non-hydrogen) atoms. The fraction of sp³-hybridized carbons (Fsp3) is 0.0667. The highest BCUT2D eigenvalue weighted by molar-refractivity contribution is 9.11. The van der Waals surface area contributed by atoms with E-state index < -0.39 is 5.97 Å². The number of hydrogen-bond acceptors (Lipinski definition) is 2. The number of aromatic carboxylic acids is 1. The number of amides is 1. The van der Waals surface area contributed by atoms with Crippen LogP contribution in [0.5, 0.6) is 0 Å². The molecule has 108 valence electrons. The Labute approximate surface area is 138 Å². The maximum absolute atomic E-state index is 12.5. The Morgan fingerprint density at radius 3 is 2.19 bits per heavy atom. The van der Waals surface area contributed by atoms with E-state index in [0.29, 0.717) is 11.3 Å². The first kappa shape index (κ1) is 15.7. The van der Waals surface area contributed by atoms with Crippen molar-refractivity contribution >= 4 is 49.4 Å². The van der Waals surface area contributed by atoms with Gasteiger partial charge in [0.25, 0.3) is 5.91 Å². The predicted octanol–water partition coefficient (Wildman–Crippen LogP) is 4.19. The van der Waals surface area contributed by atoms with Crippen LogP contribution in [0.3, 0.4) is 0 Å². The van der Waals surface area contributed by atoms with Gasteiger partial charge in [-0.15, -0.1) is 0 Å². The van der Waals surface area contributed by atoms with Crippen LogP contribution in [0.2, 0.25) is 0 Å². The summed E-state index contributed by atoms with van der Waals surface area (Å²) in [4.78, 5) is 25.1. The summed E-state index contributed by atoms with van der Waals surface area (Å²) in [6, 6.07) is 11.6. The number of benzene rings is 2. The van der Waals surface area contributed by atoms with Crippen LogP contribution in [0.15, 0.2) is 51.4 Å². The summed E-state index contributed by atoms with van der Waals surface area (Å²) in [6.07, 6.45) is 0. The topological polar surface area (TPSA) is 57.6 Å². The van der Waals surface area contributed by atoms with Crippen LogP contribution in [0.1, 0.15) is 20.7 Å². The molecule has 0 saturated heterocycles. The lowest BCUT2D eigenvalue weighted by atomic mass is 10.1. The Bertz CT molecular complexity index is 696. The van der Waals surface area contributed by atoms with Crippen LogP contribution in [0.25, 0.3) is 0 Å². The number of carboxylic acids is 1. The first-order valence-corrected chi connectivity index (χ1v) is 7.55. The van der Waals surface area contributed by atoms with E-state index in [1.807, 2.05) is 6.07 Å². The molecule has 0 saturated carbocycles. The Morgan fingerprint density at radius 1 is 1.05 bits per heavy atom. The van der Waals surface area contributed by atoms with Gasteiger partial charge in [0.15, 0.2) is 0 Å². The number of halogens is 2. The smallest absolute Gasteiger partial charge is 0.337 e. The van der Waals surface area contributed by atoms with E-state index >= 15 is 0 Å². The Morgan fingerprint density at radius 2 is 1.62 bits per heavy atom. The average Bonchev–Trinajstić information content (AvgIpc) is 2.44. The second-order valence-electron chi connectivity index (χ2n) is 4.34. The van der Waals surface area contributed by atoms with Crippen molar-refractivity contribution in [3.05, 3.63) is 62.5 Å². The molecule has 2 aromatic carbocycles. The number of carboxylic acid groups (broad SMARTS) is 1. The highest BCUT2D eigenvalue weighted by Gasteiger charge is 2.19. The second kappa shape index (κ2) is 6.41. The molecule has 0 unspecified atom stereocenters.